The summed E-state index contributed by atoms with van der Waals surface area (Å²) in [5.74, 6) is 0.273. The Hall–Kier alpha value is -0.780. The van der Waals surface area contributed by atoms with Crippen molar-refractivity contribution in [3.8, 4) is 0 Å². The lowest BCUT2D eigenvalue weighted by atomic mass is 10.1. The zero-order valence-corrected chi connectivity index (χ0v) is 10.4. The van der Waals surface area contributed by atoms with Crippen LogP contribution in [0.2, 0.25) is 5.02 Å². The maximum absolute atomic E-state index is 12.8. The van der Waals surface area contributed by atoms with Gasteiger partial charge in [0.15, 0.2) is 18.0 Å². The van der Waals surface area contributed by atoms with E-state index in [0.29, 0.717) is 21.6 Å². The average molecular weight is 273 g/mol. The number of rotatable bonds is 3. The zero-order valence-electron chi connectivity index (χ0n) is 8.81. The first-order valence-electron chi connectivity index (χ1n) is 5.35. The molecule has 17 heavy (non-hydrogen) atoms. The highest BCUT2D eigenvalue weighted by atomic mass is 35.5. The minimum Gasteiger partial charge on any atom is -0.388 e. The fourth-order valence-electron chi connectivity index (χ4n) is 2.06. The molecule has 0 aromatic carbocycles. The normalized spacial score (nSPS) is 17.6. The van der Waals surface area contributed by atoms with Crippen LogP contribution in [0.4, 0.5) is 3.89 Å². The van der Waals surface area contributed by atoms with E-state index in [1.165, 1.54) is 10.2 Å². The van der Waals surface area contributed by atoms with Crippen LogP contribution in [0.5, 0.6) is 0 Å². The highest BCUT2D eigenvalue weighted by Gasteiger charge is 2.33. The van der Waals surface area contributed by atoms with Gasteiger partial charge in [-0.05, 0) is 24.8 Å². The van der Waals surface area contributed by atoms with Gasteiger partial charge in [-0.2, -0.15) is 0 Å². The molecular weight excluding hydrogens is 263 g/mol. The Morgan fingerprint density at radius 1 is 1.59 bits per heavy atom. The lowest BCUT2D eigenvalue weighted by molar-refractivity contribution is 0.155. The first kappa shape index (κ1) is 11.3. The third-order valence-corrected chi connectivity index (χ3v) is 3.84. The van der Waals surface area contributed by atoms with Crippen molar-refractivity contribution in [1.82, 2.24) is 8.96 Å². The van der Waals surface area contributed by atoms with Crippen molar-refractivity contribution in [3.63, 3.8) is 0 Å². The van der Waals surface area contributed by atoms with E-state index in [-0.39, 0.29) is 18.3 Å². The van der Waals surface area contributed by atoms with Crippen LogP contribution in [-0.4, -0.2) is 14.1 Å². The Morgan fingerprint density at radius 3 is 3.00 bits per heavy atom. The maximum Gasteiger partial charge on any atom is 0.171 e. The quantitative estimate of drug-likeness (QED) is 0.929. The van der Waals surface area contributed by atoms with Crippen LogP contribution in [0.15, 0.2) is 18.5 Å². The number of pyridine rings is 1. The van der Waals surface area contributed by atoms with Gasteiger partial charge in [-0.25, -0.2) is 8.96 Å². The molecule has 90 valence electrons. The number of aliphatic hydroxyl groups excluding tert-OH is 1. The van der Waals surface area contributed by atoms with Gasteiger partial charge in [-0.3, -0.25) is 0 Å². The van der Waals surface area contributed by atoms with Gasteiger partial charge in [0.2, 0.25) is 0 Å². The number of halogens is 2. The van der Waals surface area contributed by atoms with Gasteiger partial charge < -0.3 is 5.11 Å². The minimum absolute atomic E-state index is 0.0618. The Labute approximate surface area is 107 Å². The van der Waals surface area contributed by atoms with Crippen LogP contribution in [0, 0.1) is 5.92 Å². The standard InChI is InChI=1S/C11H10ClFN2OS/c12-8-3-4-14-11-9(8)7(5-15(11)17-13)10(16)6-1-2-6/h3-6,10,16H,1-2H2. The second-order valence-corrected chi connectivity index (χ2v) is 5.19. The third-order valence-electron chi connectivity index (χ3n) is 3.10. The molecule has 0 saturated heterocycles. The zero-order chi connectivity index (χ0) is 12.0. The van der Waals surface area contributed by atoms with Crippen molar-refractivity contribution in [1.29, 1.82) is 0 Å². The summed E-state index contributed by atoms with van der Waals surface area (Å²) in [6, 6.07) is 1.65. The monoisotopic (exact) mass is 272 g/mol. The van der Waals surface area contributed by atoms with Gasteiger partial charge in [0.25, 0.3) is 0 Å². The second kappa shape index (κ2) is 4.15. The number of fused-ring (bicyclic) bond motifs is 1. The highest BCUT2D eigenvalue weighted by molar-refractivity contribution is 7.92. The molecule has 2 heterocycles. The maximum atomic E-state index is 12.8. The van der Waals surface area contributed by atoms with Crippen LogP contribution in [0.25, 0.3) is 11.0 Å². The van der Waals surface area contributed by atoms with Crippen molar-refractivity contribution < 1.29 is 8.99 Å². The van der Waals surface area contributed by atoms with Gasteiger partial charge in [0, 0.05) is 23.3 Å². The van der Waals surface area contributed by atoms with E-state index in [1.807, 2.05) is 0 Å². The summed E-state index contributed by atoms with van der Waals surface area (Å²) in [5.41, 5.74) is 1.13. The van der Waals surface area contributed by atoms with Crippen molar-refractivity contribution in [2.45, 2.75) is 18.9 Å². The lowest BCUT2D eigenvalue weighted by Crippen LogP contribution is -1.98. The molecule has 1 fully saturated rings. The fraction of sp³-hybridized carbons (Fsp3) is 0.364. The van der Waals surface area contributed by atoms with E-state index < -0.39 is 6.10 Å². The predicted molar refractivity (Wildman–Crippen MR) is 66.5 cm³/mol. The van der Waals surface area contributed by atoms with Crippen molar-refractivity contribution in [2.75, 3.05) is 0 Å². The molecule has 1 unspecified atom stereocenters. The summed E-state index contributed by atoms with van der Waals surface area (Å²) < 4.78 is 14.1. The number of hydrogen-bond acceptors (Lipinski definition) is 3. The molecule has 0 radical (unpaired) electrons. The van der Waals surface area contributed by atoms with E-state index in [4.69, 9.17) is 11.6 Å². The highest BCUT2D eigenvalue weighted by Crippen LogP contribution is 2.44. The number of aliphatic hydroxyl groups is 1. The van der Waals surface area contributed by atoms with Crippen LogP contribution in [0.1, 0.15) is 24.5 Å². The molecule has 0 amide bonds. The summed E-state index contributed by atoms with van der Waals surface area (Å²) in [6.45, 7) is 0. The first-order valence-corrected chi connectivity index (χ1v) is 6.40. The first-order chi connectivity index (χ1) is 8.22. The van der Waals surface area contributed by atoms with E-state index in [0.717, 1.165) is 12.8 Å². The van der Waals surface area contributed by atoms with Crippen LogP contribution < -0.4 is 0 Å². The van der Waals surface area contributed by atoms with E-state index in [1.54, 1.807) is 12.3 Å². The molecular formula is C11H10ClFN2OS. The molecule has 6 heteroatoms. The topological polar surface area (TPSA) is 38.0 Å². The van der Waals surface area contributed by atoms with Gasteiger partial charge in [-0.1, -0.05) is 11.6 Å². The number of nitrogens with zero attached hydrogens (tertiary/aromatic N) is 2. The van der Waals surface area contributed by atoms with Crippen LogP contribution in [-0.2, 0) is 0 Å². The summed E-state index contributed by atoms with van der Waals surface area (Å²) >= 11 is 6.17. The third kappa shape index (κ3) is 1.82. The largest absolute Gasteiger partial charge is 0.388 e. The number of hydrogen-bond donors (Lipinski definition) is 1. The van der Waals surface area contributed by atoms with Gasteiger partial charge in [0.1, 0.15) is 0 Å². The molecule has 1 aliphatic carbocycles. The molecule has 0 spiro atoms. The molecule has 0 aliphatic heterocycles. The Kier molecular flexibility index (Phi) is 2.77. The van der Waals surface area contributed by atoms with Gasteiger partial charge in [0.05, 0.1) is 11.1 Å². The molecule has 2 aromatic rings. The molecule has 1 N–H and O–H groups in total. The van der Waals surface area contributed by atoms with Crippen LogP contribution in [0.3, 0.4) is 0 Å². The number of aromatic nitrogens is 2. The molecule has 3 rings (SSSR count). The summed E-state index contributed by atoms with van der Waals surface area (Å²) in [4.78, 5) is 4.10. The molecule has 1 saturated carbocycles. The van der Waals surface area contributed by atoms with Gasteiger partial charge in [-0.15, -0.1) is 3.89 Å². The lowest BCUT2D eigenvalue weighted by Gasteiger charge is -2.07. The molecule has 2 aromatic heterocycles. The SMILES string of the molecule is OC(c1cn(SF)c2nccc(Cl)c12)C1CC1. The summed E-state index contributed by atoms with van der Waals surface area (Å²) in [7, 11) is 0. The van der Waals surface area contributed by atoms with Crippen molar-refractivity contribution >= 4 is 35.0 Å². The fourth-order valence-corrected chi connectivity index (χ4v) is 2.66. The Bertz CT molecular complexity index is 570. The smallest absolute Gasteiger partial charge is 0.171 e. The second-order valence-electron chi connectivity index (χ2n) is 4.25. The minimum atomic E-state index is -0.576. The van der Waals surface area contributed by atoms with Gasteiger partial charge >= 0.3 is 0 Å². The van der Waals surface area contributed by atoms with E-state index >= 15 is 0 Å². The van der Waals surface area contributed by atoms with Crippen molar-refractivity contribution in [2.24, 2.45) is 5.92 Å². The molecule has 0 bridgehead atoms. The Balaban J connectivity index is 2.22. The average Bonchev–Trinajstić information content (AvgIpc) is 3.10. The molecule has 3 nitrogen and oxygen atoms in total. The molecule has 1 aliphatic rings. The van der Waals surface area contributed by atoms with Crippen molar-refractivity contribution in [3.05, 3.63) is 29.0 Å². The van der Waals surface area contributed by atoms with E-state index in [9.17, 15) is 8.99 Å². The summed E-state index contributed by atoms with van der Waals surface area (Å²) in [5, 5.41) is 11.3. The van der Waals surface area contributed by atoms with E-state index in [2.05, 4.69) is 4.98 Å². The van der Waals surface area contributed by atoms with Crippen LogP contribution >= 0.6 is 23.9 Å². The Morgan fingerprint density at radius 2 is 2.35 bits per heavy atom. The summed E-state index contributed by atoms with van der Waals surface area (Å²) in [6.07, 6.45) is 4.55. The molecule has 1 atom stereocenters. The predicted octanol–water partition coefficient (Wildman–Crippen LogP) is 3.51.